The quantitative estimate of drug-likeness (QED) is 0.735. The lowest BCUT2D eigenvalue weighted by Gasteiger charge is -1.99. The Balaban J connectivity index is 3.03. The van der Waals surface area contributed by atoms with Crippen molar-refractivity contribution < 1.29 is 4.79 Å². The first kappa shape index (κ1) is 9.84. The van der Waals surface area contributed by atoms with Crippen molar-refractivity contribution in [3.05, 3.63) is 23.5 Å². The van der Waals surface area contributed by atoms with Crippen molar-refractivity contribution in [2.24, 2.45) is 7.05 Å². The lowest BCUT2D eigenvalue weighted by molar-refractivity contribution is 0.0955. The van der Waals surface area contributed by atoms with Crippen LogP contribution in [0.15, 0.2) is 12.3 Å². The molecule has 0 saturated carbocycles. The van der Waals surface area contributed by atoms with Crippen LogP contribution in [-0.4, -0.2) is 17.5 Å². The molecule has 1 heterocycles. The number of hydrogen-bond donors (Lipinski definition) is 1. The second kappa shape index (κ2) is 3.64. The molecule has 0 bridgehead atoms. The van der Waals surface area contributed by atoms with Crippen LogP contribution in [0.1, 0.15) is 35.8 Å². The molecule has 0 aliphatic rings. The van der Waals surface area contributed by atoms with Crippen molar-refractivity contribution in [2.45, 2.75) is 19.8 Å². The average Bonchev–Trinajstić information content (AvgIpc) is 2.46. The van der Waals surface area contributed by atoms with Gasteiger partial charge < -0.3 is 9.88 Å². The number of hydrogen-bond acceptors (Lipinski definition) is 1. The molecule has 0 aromatic carbocycles. The molecule has 1 aromatic rings. The molecule has 1 rings (SSSR count). The second-order valence-corrected chi connectivity index (χ2v) is 3.50. The molecule has 0 radical (unpaired) electrons. The van der Waals surface area contributed by atoms with Crippen molar-refractivity contribution in [2.75, 3.05) is 7.05 Å². The Bertz CT molecular complexity index is 313. The number of carbonyl (C=O) groups excluding carboxylic acids is 1. The van der Waals surface area contributed by atoms with E-state index in [1.165, 1.54) is 5.56 Å². The summed E-state index contributed by atoms with van der Waals surface area (Å²) in [6.45, 7) is 4.23. The standard InChI is InChI=1S/C10H16N2O/c1-7(2)8-5-9(10(13)11-3)12(4)6-8/h5-7H,1-4H3,(H,11,13). The molecular formula is C10H16N2O. The van der Waals surface area contributed by atoms with Gasteiger partial charge in [0.25, 0.3) is 5.91 Å². The van der Waals surface area contributed by atoms with Crippen LogP contribution in [0.5, 0.6) is 0 Å². The van der Waals surface area contributed by atoms with Gasteiger partial charge in [-0.05, 0) is 17.5 Å². The summed E-state index contributed by atoms with van der Waals surface area (Å²) in [6.07, 6.45) is 2.00. The fraction of sp³-hybridized carbons (Fsp3) is 0.500. The lowest BCUT2D eigenvalue weighted by Crippen LogP contribution is -2.20. The second-order valence-electron chi connectivity index (χ2n) is 3.50. The van der Waals surface area contributed by atoms with E-state index >= 15 is 0 Å². The van der Waals surface area contributed by atoms with Crippen molar-refractivity contribution >= 4 is 5.91 Å². The van der Waals surface area contributed by atoms with Gasteiger partial charge in [-0.15, -0.1) is 0 Å². The monoisotopic (exact) mass is 180 g/mol. The van der Waals surface area contributed by atoms with Crippen molar-refractivity contribution in [1.29, 1.82) is 0 Å². The first-order chi connectivity index (χ1) is 6.06. The average molecular weight is 180 g/mol. The van der Waals surface area contributed by atoms with Crippen molar-refractivity contribution in [1.82, 2.24) is 9.88 Å². The minimum absolute atomic E-state index is 0.0330. The number of aryl methyl sites for hydroxylation is 1. The highest BCUT2D eigenvalue weighted by Gasteiger charge is 2.11. The molecule has 3 heteroatoms. The summed E-state index contributed by atoms with van der Waals surface area (Å²) in [5.74, 6) is 0.430. The highest BCUT2D eigenvalue weighted by atomic mass is 16.1. The van der Waals surface area contributed by atoms with Crippen LogP contribution in [0.25, 0.3) is 0 Å². The molecule has 3 nitrogen and oxygen atoms in total. The maximum absolute atomic E-state index is 11.3. The van der Waals surface area contributed by atoms with Gasteiger partial charge in [-0.25, -0.2) is 0 Å². The van der Waals surface area contributed by atoms with Gasteiger partial charge in [0.05, 0.1) is 0 Å². The maximum atomic E-state index is 11.3. The Morgan fingerprint density at radius 1 is 1.54 bits per heavy atom. The summed E-state index contributed by atoms with van der Waals surface area (Å²) >= 11 is 0. The number of nitrogens with zero attached hydrogens (tertiary/aromatic N) is 1. The zero-order valence-corrected chi connectivity index (χ0v) is 8.59. The van der Waals surface area contributed by atoms with Crippen molar-refractivity contribution in [3.8, 4) is 0 Å². The van der Waals surface area contributed by atoms with E-state index in [-0.39, 0.29) is 5.91 Å². The predicted molar refractivity (Wildman–Crippen MR) is 52.9 cm³/mol. The van der Waals surface area contributed by atoms with E-state index in [1.54, 1.807) is 7.05 Å². The third-order valence-corrected chi connectivity index (χ3v) is 2.15. The Labute approximate surface area is 78.8 Å². The molecule has 0 spiro atoms. The molecule has 0 fully saturated rings. The van der Waals surface area contributed by atoms with Gasteiger partial charge in [-0.1, -0.05) is 13.8 Å². The van der Waals surface area contributed by atoms with E-state index in [9.17, 15) is 4.79 Å². The summed E-state index contributed by atoms with van der Waals surface area (Å²) in [4.78, 5) is 11.3. The van der Waals surface area contributed by atoms with E-state index in [0.717, 1.165) is 0 Å². The minimum atomic E-state index is -0.0330. The van der Waals surface area contributed by atoms with E-state index in [2.05, 4.69) is 19.2 Å². The van der Waals surface area contributed by atoms with Gasteiger partial charge in [0.2, 0.25) is 0 Å². The number of amides is 1. The Hall–Kier alpha value is -1.25. The third-order valence-electron chi connectivity index (χ3n) is 2.15. The molecule has 1 N–H and O–H groups in total. The molecule has 0 unspecified atom stereocenters. The van der Waals surface area contributed by atoms with Crippen LogP contribution in [0.3, 0.4) is 0 Å². The van der Waals surface area contributed by atoms with Gasteiger partial charge in [-0.3, -0.25) is 4.79 Å². The third kappa shape index (κ3) is 1.91. The van der Waals surface area contributed by atoms with Gasteiger partial charge in [0.1, 0.15) is 5.69 Å². The summed E-state index contributed by atoms with van der Waals surface area (Å²) in [6, 6.07) is 1.93. The van der Waals surface area contributed by atoms with Crippen LogP contribution in [0.2, 0.25) is 0 Å². The van der Waals surface area contributed by atoms with Crippen LogP contribution in [0.4, 0.5) is 0 Å². The van der Waals surface area contributed by atoms with Gasteiger partial charge in [0.15, 0.2) is 0 Å². The van der Waals surface area contributed by atoms with Crippen LogP contribution >= 0.6 is 0 Å². The summed E-state index contributed by atoms with van der Waals surface area (Å²) in [5, 5.41) is 2.61. The van der Waals surface area contributed by atoms with E-state index in [1.807, 2.05) is 23.9 Å². The van der Waals surface area contributed by atoms with Gasteiger partial charge in [0, 0.05) is 20.3 Å². The SMILES string of the molecule is CNC(=O)c1cc(C(C)C)cn1C. The first-order valence-electron chi connectivity index (χ1n) is 4.44. The smallest absolute Gasteiger partial charge is 0.267 e. The molecule has 13 heavy (non-hydrogen) atoms. The zero-order valence-electron chi connectivity index (χ0n) is 8.59. The van der Waals surface area contributed by atoms with Crippen LogP contribution < -0.4 is 5.32 Å². The van der Waals surface area contributed by atoms with Gasteiger partial charge in [-0.2, -0.15) is 0 Å². The number of aromatic nitrogens is 1. The fourth-order valence-corrected chi connectivity index (χ4v) is 1.26. The van der Waals surface area contributed by atoms with E-state index in [4.69, 9.17) is 0 Å². The fourth-order valence-electron chi connectivity index (χ4n) is 1.26. The molecule has 0 atom stereocenters. The largest absolute Gasteiger partial charge is 0.354 e. The first-order valence-corrected chi connectivity index (χ1v) is 4.44. The summed E-state index contributed by atoms with van der Waals surface area (Å²) < 4.78 is 1.86. The van der Waals surface area contributed by atoms with E-state index < -0.39 is 0 Å². The lowest BCUT2D eigenvalue weighted by atomic mass is 10.1. The van der Waals surface area contributed by atoms with Crippen LogP contribution in [0, 0.1) is 0 Å². The summed E-state index contributed by atoms with van der Waals surface area (Å²) in [5.41, 5.74) is 1.91. The maximum Gasteiger partial charge on any atom is 0.267 e. The zero-order chi connectivity index (χ0) is 10.0. The number of nitrogens with one attached hydrogen (secondary N) is 1. The minimum Gasteiger partial charge on any atom is -0.354 e. The molecule has 0 aliphatic carbocycles. The predicted octanol–water partition coefficient (Wildman–Crippen LogP) is 1.51. The molecule has 72 valence electrons. The topological polar surface area (TPSA) is 34.0 Å². The Morgan fingerprint density at radius 2 is 2.15 bits per heavy atom. The summed E-state index contributed by atoms with van der Waals surface area (Å²) in [7, 11) is 3.53. The molecular weight excluding hydrogens is 164 g/mol. The Morgan fingerprint density at radius 3 is 2.54 bits per heavy atom. The molecule has 1 aromatic heterocycles. The number of carbonyl (C=O) groups is 1. The van der Waals surface area contributed by atoms with Crippen molar-refractivity contribution in [3.63, 3.8) is 0 Å². The van der Waals surface area contributed by atoms with Crippen LogP contribution in [-0.2, 0) is 7.05 Å². The van der Waals surface area contributed by atoms with Gasteiger partial charge >= 0.3 is 0 Å². The normalized spacial score (nSPS) is 10.5. The Kier molecular flexibility index (Phi) is 2.76. The highest BCUT2D eigenvalue weighted by molar-refractivity contribution is 5.92. The highest BCUT2D eigenvalue weighted by Crippen LogP contribution is 2.16. The number of rotatable bonds is 2. The molecule has 0 saturated heterocycles. The molecule has 0 aliphatic heterocycles. The van der Waals surface area contributed by atoms with E-state index in [0.29, 0.717) is 11.6 Å². The molecule has 1 amide bonds.